The number of nitrogen functional groups attached to an aromatic ring is 1. The molecule has 5 N–H and O–H groups in total. The van der Waals surface area contributed by atoms with Gasteiger partial charge in [0.2, 0.25) is 21.7 Å². The number of hydrogen-bond acceptors (Lipinski definition) is 7. The summed E-state index contributed by atoms with van der Waals surface area (Å²) in [4.78, 5) is 41.9. The number of primary amides is 1. The van der Waals surface area contributed by atoms with E-state index in [1.165, 1.54) is 38.1 Å². The maximum atomic E-state index is 13.4. The fourth-order valence-electron chi connectivity index (χ4n) is 3.31. The number of sulfonamides is 1. The van der Waals surface area contributed by atoms with Crippen LogP contribution in [0.1, 0.15) is 19.9 Å². The molecule has 2 atom stereocenters. The lowest BCUT2D eigenvalue weighted by Gasteiger charge is -2.30. The third-order valence-electron chi connectivity index (χ3n) is 4.67. The Balaban J connectivity index is 2.94. The first-order valence-corrected chi connectivity index (χ1v) is 11.3. The lowest BCUT2D eigenvalue weighted by Crippen LogP contribution is -2.47. The number of Topliss-reactive ketones (excluding diaryl/α,β-unsaturated/α-hetero) is 1. The molecule has 1 heterocycles. The number of carbonyl (C=O) groups is 2. The summed E-state index contributed by atoms with van der Waals surface area (Å²) < 4.78 is 65.8. The summed E-state index contributed by atoms with van der Waals surface area (Å²) in [6, 6.07) is 3.45. The highest BCUT2D eigenvalue weighted by atomic mass is 32.2. The van der Waals surface area contributed by atoms with Gasteiger partial charge in [-0.15, -0.1) is 0 Å². The zero-order valence-electron chi connectivity index (χ0n) is 17.8. The summed E-state index contributed by atoms with van der Waals surface area (Å²) in [5.41, 5.74) is 9.65. The second-order valence-electron chi connectivity index (χ2n) is 7.65. The summed E-state index contributed by atoms with van der Waals surface area (Å²) in [6.45, 7) is 2.51. The van der Waals surface area contributed by atoms with Crippen molar-refractivity contribution in [1.82, 2.24) is 9.55 Å². The SMILES string of the molecule is CC(C)C(C(=O)C(F)(F)F)C(C(N)=O)n1c(-c2ccc(N)cc2)ncc(NS(C)(=O)=O)c1=O. The summed E-state index contributed by atoms with van der Waals surface area (Å²) in [5, 5.41) is 0. The van der Waals surface area contributed by atoms with Gasteiger partial charge in [0.15, 0.2) is 0 Å². The standard InChI is InChI=1S/C19H22F3N5O5S/c1-9(2)13(15(28)19(20,21)22)14(16(24)29)27-17(10-4-6-11(23)7-5-10)25-8-12(18(27)30)26-33(3,31)32/h4-9,13-14,26H,23H2,1-3H3,(H2,24,29). The molecule has 0 spiro atoms. The molecule has 0 fully saturated rings. The zero-order chi connectivity index (χ0) is 25.3. The monoisotopic (exact) mass is 489 g/mol. The van der Waals surface area contributed by atoms with Crippen LogP contribution in [0.2, 0.25) is 0 Å². The van der Waals surface area contributed by atoms with Crippen molar-refractivity contribution in [3.8, 4) is 11.4 Å². The Hall–Kier alpha value is -3.42. The molecule has 0 saturated carbocycles. The molecule has 0 saturated heterocycles. The number of ketones is 1. The average molecular weight is 489 g/mol. The van der Waals surface area contributed by atoms with Gasteiger partial charge in [-0.1, -0.05) is 13.8 Å². The largest absolute Gasteiger partial charge is 0.450 e. The van der Waals surface area contributed by atoms with Crippen LogP contribution in [-0.2, 0) is 19.6 Å². The third kappa shape index (κ3) is 5.88. The molecule has 1 aromatic heterocycles. The molecule has 33 heavy (non-hydrogen) atoms. The summed E-state index contributed by atoms with van der Waals surface area (Å²) in [5.74, 6) is -7.18. The number of nitrogens with zero attached hydrogens (tertiary/aromatic N) is 2. The Labute approximate surface area is 186 Å². The number of halogens is 3. The Kier molecular flexibility index (Phi) is 7.21. The number of alkyl halides is 3. The van der Waals surface area contributed by atoms with E-state index in [2.05, 4.69) is 4.98 Å². The highest BCUT2D eigenvalue weighted by molar-refractivity contribution is 7.92. The van der Waals surface area contributed by atoms with Crippen molar-refractivity contribution in [3.05, 3.63) is 40.8 Å². The first kappa shape index (κ1) is 25.8. The normalized spacial score (nSPS) is 14.0. The van der Waals surface area contributed by atoms with Crippen LogP contribution in [0.5, 0.6) is 0 Å². The second-order valence-corrected chi connectivity index (χ2v) is 9.39. The van der Waals surface area contributed by atoms with E-state index in [1.807, 2.05) is 4.72 Å². The fourth-order valence-corrected chi connectivity index (χ4v) is 3.85. The zero-order valence-corrected chi connectivity index (χ0v) is 18.6. The number of anilines is 2. The van der Waals surface area contributed by atoms with Gasteiger partial charge in [0.1, 0.15) is 17.6 Å². The lowest BCUT2D eigenvalue weighted by molar-refractivity contribution is -0.179. The number of benzene rings is 1. The quantitative estimate of drug-likeness (QED) is 0.470. The van der Waals surface area contributed by atoms with E-state index in [9.17, 15) is 36.0 Å². The molecule has 180 valence electrons. The van der Waals surface area contributed by atoms with E-state index < -0.39 is 57.0 Å². The van der Waals surface area contributed by atoms with Crippen LogP contribution in [0.3, 0.4) is 0 Å². The Bertz CT molecular complexity index is 1220. The molecule has 0 aliphatic carbocycles. The molecule has 0 radical (unpaired) electrons. The molecule has 0 aliphatic rings. The van der Waals surface area contributed by atoms with Crippen molar-refractivity contribution in [2.45, 2.75) is 26.1 Å². The van der Waals surface area contributed by atoms with Crippen LogP contribution < -0.4 is 21.7 Å². The molecule has 2 aromatic rings. The molecule has 2 unspecified atom stereocenters. The number of nitrogens with one attached hydrogen (secondary N) is 1. The van der Waals surface area contributed by atoms with Gasteiger partial charge in [0, 0.05) is 11.3 Å². The molecule has 1 amide bonds. The van der Waals surface area contributed by atoms with Gasteiger partial charge in [-0.05, 0) is 30.2 Å². The lowest BCUT2D eigenvalue weighted by atomic mass is 9.83. The van der Waals surface area contributed by atoms with Crippen molar-refractivity contribution in [3.63, 3.8) is 0 Å². The van der Waals surface area contributed by atoms with Gasteiger partial charge >= 0.3 is 6.18 Å². The van der Waals surface area contributed by atoms with E-state index in [0.29, 0.717) is 10.3 Å². The van der Waals surface area contributed by atoms with Gasteiger partial charge in [0.25, 0.3) is 5.56 Å². The van der Waals surface area contributed by atoms with Gasteiger partial charge in [-0.2, -0.15) is 13.2 Å². The number of carbonyl (C=O) groups excluding carboxylic acids is 2. The number of rotatable bonds is 8. The molecule has 2 rings (SSSR count). The van der Waals surface area contributed by atoms with Crippen molar-refractivity contribution in [1.29, 1.82) is 0 Å². The van der Waals surface area contributed by atoms with Crippen molar-refractivity contribution in [2.24, 2.45) is 17.6 Å². The smallest absolute Gasteiger partial charge is 0.399 e. The molecule has 0 aliphatic heterocycles. The summed E-state index contributed by atoms with van der Waals surface area (Å²) in [7, 11) is -4.00. The van der Waals surface area contributed by atoms with E-state index in [0.717, 1.165) is 12.5 Å². The minimum atomic E-state index is -5.33. The first-order chi connectivity index (χ1) is 15.0. The van der Waals surface area contributed by atoms with Crippen molar-refractivity contribution in [2.75, 3.05) is 16.7 Å². The van der Waals surface area contributed by atoms with E-state index >= 15 is 0 Å². The van der Waals surface area contributed by atoms with Crippen LogP contribution in [-0.4, -0.2) is 42.1 Å². The first-order valence-electron chi connectivity index (χ1n) is 9.40. The second kappa shape index (κ2) is 9.21. The maximum absolute atomic E-state index is 13.4. The minimum Gasteiger partial charge on any atom is -0.399 e. The molecule has 0 bridgehead atoms. The van der Waals surface area contributed by atoms with Gasteiger partial charge in [-0.3, -0.25) is 23.7 Å². The summed E-state index contributed by atoms with van der Waals surface area (Å²) >= 11 is 0. The van der Waals surface area contributed by atoms with E-state index in [4.69, 9.17) is 11.5 Å². The maximum Gasteiger partial charge on any atom is 0.450 e. The minimum absolute atomic E-state index is 0.153. The number of hydrogen-bond donors (Lipinski definition) is 3. The average Bonchev–Trinajstić information content (AvgIpc) is 2.66. The molecule has 1 aromatic carbocycles. The molecule has 14 heteroatoms. The van der Waals surface area contributed by atoms with Crippen LogP contribution in [0.25, 0.3) is 11.4 Å². The van der Waals surface area contributed by atoms with E-state index in [-0.39, 0.29) is 11.4 Å². The number of aromatic nitrogens is 2. The fraction of sp³-hybridized carbons (Fsp3) is 0.368. The van der Waals surface area contributed by atoms with Crippen LogP contribution in [0.15, 0.2) is 35.3 Å². The number of nitrogens with two attached hydrogens (primary N) is 2. The molecular weight excluding hydrogens is 467 g/mol. The summed E-state index contributed by atoms with van der Waals surface area (Å²) in [6.07, 6.45) is -3.75. The van der Waals surface area contributed by atoms with Crippen LogP contribution in [0.4, 0.5) is 24.5 Å². The predicted molar refractivity (Wildman–Crippen MR) is 114 cm³/mol. The van der Waals surface area contributed by atoms with Gasteiger partial charge in [-0.25, -0.2) is 13.4 Å². The Morgan fingerprint density at radius 1 is 1.15 bits per heavy atom. The third-order valence-corrected chi connectivity index (χ3v) is 5.26. The van der Waals surface area contributed by atoms with Crippen LogP contribution in [0, 0.1) is 11.8 Å². The predicted octanol–water partition coefficient (Wildman–Crippen LogP) is 1.29. The van der Waals surface area contributed by atoms with Crippen LogP contribution >= 0.6 is 0 Å². The Morgan fingerprint density at radius 3 is 2.12 bits per heavy atom. The van der Waals surface area contributed by atoms with Crippen molar-refractivity contribution < 1.29 is 31.2 Å². The highest BCUT2D eigenvalue weighted by Gasteiger charge is 2.50. The molecular formula is C19H22F3N5O5S. The molecule has 10 nitrogen and oxygen atoms in total. The van der Waals surface area contributed by atoms with Gasteiger partial charge in [0.05, 0.1) is 18.4 Å². The van der Waals surface area contributed by atoms with Gasteiger partial charge < -0.3 is 11.5 Å². The van der Waals surface area contributed by atoms with Crippen molar-refractivity contribution >= 4 is 33.1 Å². The van der Waals surface area contributed by atoms with E-state index in [1.54, 1.807) is 0 Å². The number of amides is 1. The topological polar surface area (TPSA) is 167 Å². The highest BCUT2D eigenvalue weighted by Crippen LogP contribution is 2.35. The Morgan fingerprint density at radius 2 is 1.70 bits per heavy atom.